The fraction of sp³-hybridized carbons (Fsp3) is 0.471. The van der Waals surface area contributed by atoms with E-state index in [9.17, 15) is 9.59 Å². The molecule has 26 heavy (non-hydrogen) atoms. The van der Waals surface area contributed by atoms with Gasteiger partial charge in [-0.25, -0.2) is 19.7 Å². The van der Waals surface area contributed by atoms with Crippen molar-refractivity contribution < 1.29 is 19.1 Å². The Morgan fingerprint density at radius 3 is 2.27 bits per heavy atom. The molecule has 2 aromatic rings. The van der Waals surface area contributed by atoms with Gasteiger partial charge in [-0.1, -0.05) is 0 Å². The quantitative estimate of drug-likeness (QED) is 0.889. The number of carboxylic acid groups (broad SMARTS) is 1. The minimum absolute atomic E-state index is 0.0307. The summed E-state index contributed by atoms with van der Waals surface area (Å²) in [6.45, 7) is 0.892. The van der Waals surface area contributed by atoms with Gasteiger partial charge < -0.3 is 19.3 Å². The molecule has 0 bridgehead atoms. The van der Waals surface area contributed by atoms with E-state index in [-0.39, 0.29) is 23.8 Å². The van der Waals surface area contributed by atoms with Gasteiger partial charge in [0.05, 0.1) is 11.8 Å². The van der Waals surface area contributed by atoms with Crippen LogP contribution in [-0.4, -0.2) is 67.0 Å². The van der Waals surface area contributed by atoms with Crippen molar-refractivity contribution in [3.8, 4) is 11.3 Å². The van der Waals surface area contributed by atoms with Crippen LogP contribution >= 0.6 is 0 Å². The van der Waals surface area contributed by atoms with Crippen LogP contribution in [0.5, 0.6) is 0 Å². The van der Waals surface area contributed by atoms with E-state index in [0.29, 0.717) is 37.3 Å². The topological polar surface area (TPSA) is 113 Å². The van der Waals surface area contributed by atoms with E-state index in [1.54, 1.807) is 18.6 Å². The Kier molecular flexibility index (Phi) is 4.27. The summed E-state index contributed by atoms with van der Waals surface area (Å²) < 4.78 is 5.20. The SMILES string of the molecule is O=C(O)N1CCC(N(C(=O)c2ncc(-c3cnco3)cn2)C2CC2)CC1. The highest BCUT2D eigenvalue weighted by molar-refractivity contribution is 5.91. The third-order valence-electron chi connectivity index (χ3n) is 4.86. The molecule has 1 aliphatic carbocycles. The maximum Gasteiger partial charge on any atom is 0.407 e. The number of carbonyl (C=O) groups is 2. The Hall–Kier alpha value is -2.97. The summed E-state index contributed by atoms with van der Waals surface area (Å²) in [5, 5.41) is 9.09. The molecule has 0 atom stereocenters. The van der Waals surface area contributed by atoms with Crippen molar-refractivity contribution >= 4 is 12.0 Å². The van der Waals surface area contributed by atoms with Crippen LogP contribution in [0.25, 0.3) is 11.3 Å². The van der Waals surface area contributed by atoms with Gasteiger partial charge in [0.2, 0.25) is 5.82 Å². The first kappa shape index (κ1) is 16.5. The Morgan fingerprint density at radius 2 is 1.73 bits per heavy atom. The number of oxazole rings is 1. The van der Waals surface area contributed by atoms with Gasteiger partial charge >= 0.3 is 6.09 Å². The smallest absolute Gasteiger partial charge is 0.407 e. The van der Waals surface area contributed by atoms with E-state index in [2.05, 4.69) is 15.0 Å². The summed E-state index contributed by atoms with van der Waals surface area (Å²) >= 11 is 0. The standard InChI is InChI=1S/C17H19N5O4/c23-16(15-19-7-11(8-20-15)14-9-18-10-26-14)22(12-1-2-12)13-3-5-21(6-4-13)17(24)25/h7-10,12-13H,1-6H2,(H,24,25). The number of rotatable bonds is 4. The van der Waals surface area contributed by atoms with E-state index in [1.165, 1.54) is 11.3 Å². The average molecular weight is 357 g/mol. The van der Waals surface area contributed by atoms with Gasteiger partial charge in [0.15, 0.2) is 12.2 Å². The van der Waals surface area contributed by atoms with Crippen LogP contribution in [0.2, 0.25) is 0 Å². The molecule has 2 fully saturated rings. The highest BCUT2D eigenvalue weighted by Gasteiger charge is 2.40. The summed E-state index contributed by atoms with van der Waals surface area (Å²) in [5.74, 6) is 0.510. The normalized spacial score (nSPS) is 17.9. The van der Waals surface area contributed by atoms with Crippen molar-refractivity contribution in [2.75, 3.05) is 13.1 Å². The van der Waals surface area contributed by atoms with E-state index in [0.717, 1.165) is 12.8 Å². The maximum absolute atomic E-state index is 13.0. The highest BCUT2D eigenvalue weighted by atomic mass is 16.4. The van der Waals surface area contributed by atoms with Gasteiger partial charge in [-0.3, -0.25) is 4.79 Å². The second kappa shape index (κ2) is 6.74. The minimum atomic E-state index is -0.904. The number of aromatic nitrogens is 3. The molecule has 2 aliphatic rings. The molecule has 9 heteroatoms. The number of likely N-dealkylation sites (tertiary alicyclic amines) is 1. The van der Waals surface area contributed by atoms with E-state index in [1.807, 2.05) is 4.90 Å². The molecule has 1 N–H and O–H groups in total. The van der Waals surface area contributed by atoms with Crippen molar-refractivity contribution in [2.45, 2.75) is 37.8 Å². The zero-order valence-corrected chi connectivity index (χ0v) is 14.1. The maximum atomic E-state index is 13.0. The first-order valence-corrected chi connectivity index (χ1v) is 8.65. The van der Waals surface area contributed by atoms with Gasteiger partial charge in [0.1, 0.15) is 0 Å². The molecular formula is C17H19N5O4. The number of piperidine rings is 1. The molecule has 2 amide bonds. The molecule has 0 aromatic carbocycles. The van der Waals surface area contributed by atoms with Crippen molar-refractivity contribution in [2.24, 2.45) is 0 Å². The third-order valence-corrected chi connectivity index (χ3v) is 4.86. The lowest BCUT2D eigenvalue weighted by Crippen LogP contribution is -2.49. The molecule has 1 saturated carbocycles. The summed E-state index contributed by atoms with van der Waals surface area (Å²) in [6.07, 6.45) is 8.33. The summed E-state index contributed by atoms with van der Waals surface area (Å²) in [4.78, 5) is 39.6. The van der Waals surface area contributed by atoms with Gasteiger partial charge in [0.25, 0.3) is 5.91 Å². The van der Waals surface area contributed by atoms with E-state index in [4.69, 9.17) is 9.52 Å². The molecule has 0 spiro atoms. The monoisotopic (exact) mass is 357 g/mol. The highest BCUT2D eigenvalue weighted by Crippen LogP contribution is 2.33. The van der Waals surface area contributed by atoms with Crippen LogP contribution in [-0.2, 0) is 0 Å². The lowest BCUT2D eigenvalue weighted by Gasteiger charge is -2.37. The molecule has 136 valence electrons. The van der Waals surface area contributed by atoms with E-state index >= 15 is 0 Å². The second-order valence-corrected chi connectivity index (χ2v) is 6.61. The molecular weight excluding hydrogens is 338 g/mol. The Bertz CT molecular complexity index is 780. The number of amides is 2. The molecule has 0 unspecified atom stereocenters. The number of nitrogens with zero attached hydrogens (tertiary/aromatic N) is 5. The Balaban J connectivity index is 1.48. The predicted octanol–water partition coefficient (Wildman–Crippen LogP) is 1.88. The zero-order valence-electron chi connectivity index (χ0n) is 14.1. The molecule has 4 rings (SSSR count). The predicted molar refractivity (Wildman–Crippen MR) is 89.3 cm³/mol. The molecule has 9 nitrogen and oxygen atoms in total. The number of hydrogen-bond donors (Lipinski definition) is 1. The summed E-state index contributed by atoms with van der Waals surface area (Å²) in [7, 11) is 0. The number of carbonyl (C=O) groups excluding carboxylic acids is 1. The van der Waals surface area contributed by atoms with Crippen LogP contribution in [0, 0.1) is 0 Å². The van der Waals surface area contributed by atoms with E-state index < -0.39 is 6.09 Å². The van der Waals surface area contributed by atoms with Gasteiger partial charge in [-0.2, -0.15) is 0 Å². The summed E-state index contributed by atoms with van der Waals surface area (Å²) in [5.41, 5.74) is 0.659. The van der Waals surface area contributed by atoms with Gasteiger partial charge in [-0.05, 0) is 25.7 Å². The fourth-order valence-corrected chi connectivity index (χ4v) is 3.36. The Morgan fingerprint density at radius 1 is 1.08 bits per heavy atom. The average Bonchev–Trinajstić information content (AvgIpc) is 3.34. The Labute approximate surface area is 149 Å². The summed E-state index contributed by atoms with van der Waals surface area (Å²) in [6, 6.07) is 0.240. The first-order valence-electron chi connectivity index (χ1n) is 8.65. The molecule has 1 saturated heterocycles. The van der Waals surface area contributed by atoms with Crippen molar-refractivity contribution in [1.82, 2.24) is 24.8 Å². The molecule has 2 aromatic heterocycles. The minimum Gasteiger partial charge on any atom is -0.465 e. The van der Waals surface area contributed by atoms with Crippen molar-refractivity contribution in [1.29, 1.82) is 0 Å². The zero-order chi connectivity index (χ0) is 18.1. The van der Waals surface area contributed by atoms with Crippen LogP contribution in [0.15, 0.2) is 29.4 Å². The number of hydrogen-bond acceptors (Lipinski definition) is 6. The van der Waals surface area contributed by atoms with Gasteiger partial charge in [-0.15, -0.1) is 0 Å². The largest absolute Gasteiger partial charge is 0.465 e. The van der Waals surface area contributed by atoms with Crippen LogP contribution < -0.4 is 0 Å². The molecule has 1 aliphatic heterocycles. The lowest BCUT2D eigenvalue weighted by molar-refractivity contribution is 0.0539. The van der Waals surface area contributed by atoms with Crippen LogP contribution in [0.3, 0.4) is 0 Å². The molecule has 0 radical (unpaired) electrons. The second-order valence-electron chi connectivity index (χ2n) is 6.61. The first-order chi connectivity index (χ1) is 12.6. The van der Waals surface area contributed by atoms with Crippen LogP contribution in [0.4, 0.5) is 4.79 Å². The van der Waals surface area contributed by atoms with Gasteiger partial charge in [0, 0.05) is 37.6 Å². The molecule has 3 heterocycles. The third kappa shape index (κ3) is 3.24. The lowest BCUT2D eigenvalue weighted by atomic mass is 10.0. The van der Waals surface area contributed by atoms with Crippen LogP contribution in [0.1, 0.15) is 36.3 Å². The van der Waals surface area contributed by atoms with Crippen molar-refractivity contribution in [3.05, 3.63) is 30.8 Å². The van der Waals surface area contributed by atoms with Crippen molar-refractivity contribution in [3.63, 3.8) is 0 Å². The fourth-order valence-electron chi connectivity index (χ4n) is 3.36.